The molecule has 0 spiro atoms. The number of benzene rings is 1. The Labute approximate surface area is 103 Å². The predicted molar refractivity (Wildman–Crippen MR) is 69.4 cm³/mol. The van der Waals surface area contributed by atoms with Crippen LogP contribution in [0, 0.1) is 18.2 Å². The van der Waals surface area contributed by atoms with E-state index in [-0.39, 0.29) is 16.8 Å². The maximum Gasteiger partial charge on any atom is 0.123 e. The Morgan fingerprint density at radius 2 is 2.00 bits per heavy atom. The Balaban J connectivity index is 2.26. The minimum atomic E-state index is -0.164. The van der Waals surface area contributed by atoms with Crippen LogP contribution in [0.2, 0.25) is 0 Å². The highest BCUT2D eigenvalue weighted by atomic mass is 19.1. The van der Waals surface area contributed by atoms with Crippen LogP contribution in [-0.2, 0) is 6.42 Å². The normalized spacial score (nSPS) is 27.4. The van der Waals surface area contributed by atoms with Gasteiger partial charge in [0.1, 0.15) is 5.82 Å². The molecule has 1 saturated carbocycles. The zero-order valence-electron chi connectivity index (χ0n) is 11.0. The fraction of sp³-hybridized carbons (Fsp3) is 0.600. The Morgan fingerprint density at radius 1 is 1.29 bits per heavy atom. The van der Waals surface area contributed by atoms with Gasteiger partial charge in [0, 0.05) is 5.54 Å². The summed E-state index contributed by atoms with van der Waals surface area (Å²) >= 11 is 0. The molecule has 1 fully saturated rings. The molecule has 0 amide bonds. The van der Waals surface area contributed by atoms with E-state index in [0.717, 1.165) is 18.4 Å². The van der Waals surface area contributed by atoms with E-state index in [1.54, 1.807) is 6.07 Å². The summed E-state index contributed by atoms with van der Waals surface area (Å²) in [6.07, 6.45) is 4.30. The summed E-state index contributed by atoms with van der Waals surface area (Å²) in [6.45, 7) is 6.46. The van der Waals surface area contributed by atoms with Crippen LogP contribution in [0.4, 0.5) is 4.39 Å². The van der Waals surface area contributed by atoms with Crippen molar-refractivity contribution in [3.05, 3.63) is 35.1 Å². The fourth-order valence-electron chi connectivity index (χ4n) is 2.96. The third-order valence-electron chi connectivity index (χ3n) is 4.58. The number of rotatable bonds is 2. The lowest BCUT2D eigenvalue weighted by molar-refractivity contribution is 0.207. The van der Waals surface area contributed by atoms with Crippen LogP contribution in [0.1, 0.15) is 44.2 Å². The average Bonchev–Trinajstić information content (AvgIpc) is 2.46. The molecular formula is C15H22FN. The van der Waals surface area contributed by atoms with Crippen LogP contribution in [0.3, 0.4) is 0 Å². The van der Waals surface area contributed by atoms with Crippen LogP contribution in [0.5, 0.6) is 0 Å². The number of halogens is 1. The molecule has 2 rings (SSSR count). The largest absolute Gasteiger partial charge is 0.324 e. The molecular weight excluding hydrogens is 213 g/mol. The van der Waals surface area contributed by atoms with Crippen molar-refractivity contribution < 1.29 is 4.39 Å². The van der Waals surface area contributed by atoms with Crippen LogP contribution >= 0.6 is 0 Å². The molecule has 1 aliphatic rings. The first kappa shape index (κ1) is 12.6. The van der Waals surface area contributed by atoms with Gasteiger partial charge in [-0.1, -0.05) is 26.3 Å². The van der Waals surface area contributed by atoms with Crippen molar-refractivity contribution in [2.75, 3.05) is 0 Å². The summed E-state index contributed by atoms with van der Waals surface area (Å²) < 4.78 is 13.1. The van der Waals surface area contributed by atoms with Crippen molar-refractivity contribution >= 4 is 0 Å². The SMILES string of the molecule is Cc1cc(F)ccc1CC1(N)CCCC1(C)C. The van der Waals surface area contributed by atoms with Crippen LogP contribution in [0.25, 0.3) is 0 Å². The van der Waals surface area contributed by atoms with E-state index in [0.29, 0.717) is 0 Å². The molecule has 0 aromatic heterocycles. The molecule has 2 N–H and O–H groups in total. The molecule has 2 heteroatoms. The second kappa shape index (κ2) is 4.09. The molecule has 1 aromatic rings. The first-order valence-electron chi connectivity index (χ1n) is 6.38. The molecule has 94 valence electrons. The van der Waals surface area contributed by atoms with Crippen molar-refractivity contribution in [1.29, 1.82) is 0 Å². The highest BCUT2D eigenvalue weighted by Gasteiger charge is 2.45. The minimum absolute atomic E-state index is 0.143. The zero-order valence-corrected chi connectivity index (χ0v) is 11.0. The summed E-state index contributed by atoms with van der Waals surface area (Å²) in [5.74, 6) is -0.164. The van der Waals surface area contributed by atoms with E-state index in [1.807, 2.05) is 13.0 Å². The van der Waals surface area contributed by atoms with E-state index < -0.39 is 0 Å². The molecule has 0 bridgehead atoms. The topological polar surface area (TPSA) is 26.0 Å². The van der Waals surface area contributed by atoms with Gasteiger partial charge in [0.05, 0.1) is 0 Å². The average molecular weight is 235 g/mol. The van der Waals surface area contributed by atoms with Gasteiger partial charge in [-0.05, 0) is 54.9 Å². The maximum atomic E-state index is 13.1. The number of nitrogens with two attached hydrogens (primary N) is 1. The fourth-order valence-corrected chi connectivity index (χ4v) is 2.96. The Morgan fingerprint density at radius 3 is 2.53 bits per heavy atom. The van der Waals surface area contributed by atoms with Crippen molar-refractivity contribution in [3.63, 3.8) is 0 Å². The van der Waals surface area contributed by atoms with E-state index in [2.05, 4.69) is 13.8 Å². The molecule has 0 aliphatic heterocycles. The van der Waals surface area contributed by atoms with Crippen molar-refractivity contribution in [2.45, 2.75) is 52.0 Å². The van der Waals surface area contributed by atoms with Gasteiger partial charge in [-0.25, -0.2) is 4.39 Å². The lowest BCUT2D eigenvalue weighted by atomic mass is 9.72. The van der Waals surface area contributed by atoms with Crippen molar-refractivity contribution in [2.24, 2.45) is 11.1 Å². The van der Waals surface area contributed by atoms with E-state index in [4.69, 9.17) is 5.73 Å². The van der Waals surface area contributed by atoms with Gasteiger partial charge in [0.15, 0.2) is 0 Å². The lowest BCUT2D eigenvalue weighted by Crippen LogP contribution is -2.50. The smallest absolute Gasteiger partial charge is 0.123 e. The van der Waals surface area contributed by atoms with Gasteiger partial charge in [-0.2, -0.15) is 0 Å². The maximum absolute atomic E-state index is 13.1. The summed E-state index contributed by atoms with van der Waals surface area (Å²) in [7, 11) is 0. The van der Waals surface area contributed by atoms with Gasteiger partial charge in [0.2, 0.25) is 0 Å². The minimum Gasteiger partial charge on any atom is -0.324 e. The number of aryl methyl sites for hydroxylation is 1. The number of hydrogen-bond acceptors (Lipinski definition) is 1. The summed E-state index contributed by atoms with van der Waals surface area (Å²) in [4.78, 5) is 0. The Kier molecular flexibility index (Phi) is 3.03. The number of hydrogen-bond donors (Lipinski definition) is 1. The van der Waals surface area contributed by atoms with Gasteiger partial charge in [-0.15, -0.1) is 0 Å². The third-order valence-corrected chi connectivity index (χ3v) is 4.58. The Hall–Kier alpha value is -0.890. The van der Waals surface area contributed by atoms with Gasteiger partial charge >= 0.3 is 0 Å². The molecule has 0 heterocycles. The molecule has 1 aromatic carbocycles. The highest BCUT2D eigenvalue weighted by Crippen LogP contribution is 2.46. The Bertz CT molecular complexity index is 425. The molecule has 1 nitrogen and oxygen atoms in total. The van der Waals surface area contributed by atoms with Gasteiger partial charge < -0.3 is 5.73 Å². The van der Waals surface area contributed by atoms with Gasteiger partial charge in [0.25, 0.3) is 0 Å². The molecule has 1 unspecified atom stereocenters. The van der Waals surface area contributed by atoms with Crippen molar-refractivity contribution in [1.82, 2.24) is 0 Å². The summed E-state index contributed by atoms with van der Waals surface area (Å²) in [6, 6.07) is 5.02. The van der Waals surface area contributed by atoms with Gasteiger partial charge in [-0.3, -0.25) is 0 Å². The molecule has 1 atom stereocenters. The second-order valence-electron chi connectivity index (χ2n) is 6.14. The zero-order chi connectivity index (χ0) is 12.7. The van der Waals surface area contributed by atoms with E-state index >= 15 is 0 Å². The van der Waals surface area contributed by atoms with E-state index in [9.17, 15) is 4.39 Å². The monoisotopic (exact) mass is 235 g/mol. The molecule has 0 radical (unpaired) electrons. The quantitative estimate of drug-likeness (QED) is 0.833. The van der Waals surface area contributed by atoms with E-state index in [1.165, 1.54) is 24.5 Å². The third kappa shape index (κ3) is 2.23. The van der Waals surface area contributed by atoms with Crippen molar-refractivity contribution in [3.8, 4) is 0 Å². The van der Waals surface area contributed by atoms with Crippen LogP contribution in [-0.4, -0.2) is 5.54 Å². The first-order chi connectivity index (χ1) is 7.84. The predicted octanol–water partition coefficient (Wildman–Crippen LogP) is 3.58. The molecule has 0 saturated heterocycles. The van der Waals surface area contributed by atoms with Crippen LogP contribution in [0.15, 0.2) is 18.2 Å². The van der Waals surface area contributed by atoms with Crippen LogP contribution < -0.4 is 5.73 Å². The summed E-state index contributed by atoms with van der Waals surface area (Å²) in [5.41, 5.74) is 8.81. The summed E-state index contributed by atoms with van der Waals surface area (Å²) in [5, 5.41) is 0. The lowest BCUT2D eigenvalue weighted by Gasteiger charge is -2.38. The molecule has 1 aliphatic carbocycles. The first-order valence-corrected chi connectivity index (χ1v) is 6.38. The highest BCUT2D eigenvalue weighted by molar-refractivity contribution is 5.29. The standard InChI is InChI=1S/C15H22FN/c1-11-9-13(16)6-5-12(11)10-15(17)8-4-7-14(15,2)3/h5-6,9H,4,7-8,10,17H2,1-3H3. The molecule has 17 heavy (non-hydrogen) atoms. The second-order valence-corrected chi connectivity index (χ2v) is 6.14.